The highest BCUT2D eigenvalue weighted by atomic mass is 15.2. The van der Waals surface area contributed by atoms with Gasteiger partial charge in [0.25, 0.3) is 0 Å². The van der Waals surface area contributed by atoms with Crippen LogP contribution in [0.15, 0.2) is 12.4 Å². The molecule has 0 spiro atoms. The second-order valence-electron chi connectivity index (χ2n) is 4.21. The Kier molecular flexibility index (Phi) is 3.98. The standard InChI is InChI=1S/C11H21N3/c1-5-14-7-6-12-11(14)13-10(4)8-9(2)3/h6-7,9-10H,5,8H2,1-4H3,(H,12,13). The summed E-state index contributed by atoms with van der Waals surface area (Å²) < 4.78 is 2.12. The Morgan fingerprint density at radius 1 is 1.43 bits per heavy atom. The van der Waals surface area contributed by atoms with E-state index in [-0.39, 0.29) is 0 Å². The number of hydrogen-bond acceptors (Lipinski definition) is 2. The van der Waals surface area contributed by atoms with Crippen LogP contribution in [0.1, 0.15) is 34.1 Å². The molecule has 0 aromatic carbocycles. The fraction of sp³-hybridized carbons (Fsp3) is 0.727. The molecule has 3 heteroatoms. The normalized spacial score (nSPS) is 13.2. The van der Waals surface area contributed by atoms with Crippen molar-refractivity contribution in [1.29, 1.82) is 0 Å². The summed E-state index contributed by atoms with van der Waals surface area (Å²) >= 11 is 0. The van der Waals surface area contributed by atoms with E-state index in [9.17, 15) is 0 Å². The Hall–Kier alpha value is -0.990. The van der Waals surface area contributed by atoms with Gasteiger partial charge in [-0.3, -0.25) is 0 Å². The van der Waals surface area contributed by atoms with E-state index in [1.807, 2.05) is 12.4 Å². The molecule has 1 unspecified atom stereocenters. The van der Waals surface area contributed by atoms with Gasteiger partial charge in [-0.25, -0.2) is 4.98 Å². The number of imidazole rings is 1. The first-order valence-electron chi connectivity index (χ1n) is 5.41. The van der Waals surface area contributed by atoms with Gasteiger partial charge in [-0.15, -0.1) is 0 Å². The molecule has 0 radical (unpaired) electrons. The molecular weight excluding hydrogens is 174 g/mol. The van der Waals surface area contributed by atoms with E-state index in [1.165, 1.54) is 6.42 Å². The van der Waals surface area contributed by atoms with E-state index in [1.54, 1.807) is 0 Å². The molecule has 0 fully saturated rings. The van der Waals surface area contributed by atoms with Crippen molar-refractivity contribution in [1.82, 2.24) is 9.55 Å². The van der Waals surface area contributed by atoms with Crippen LogP contribution in [-0.4, -0.2) is 15.6 Å². The first-order chi connectivity index (χ1) is 6.63. The van der Waals surface area contributed by atoms with Crippen LogP contribution in [0.5, 0.6) is 0 Å². The smallest absolute Gasteiger partial charge is 0.202 e. The maximum Gasteiger partial charge on any atom is 0.202 e. The van der Waals surface area contributed by atoms with Crippen LogP contribution in [0.4, 0.5) is 5.95 Å². The predicted molar refractivity (Wildman–Crippen MR) is 60.4 cm³/mol. The Morgan fingerprint density at radius 2 is 2.14 bits per heavy atom. The summed E-state index contributed by atoms with van der Waals surface area (Å²) in [7, 11) is 0. The highest BCUT2D eigenvalue weighted by molar-refractivity contribution is 5.27. The maximum atomic E-state index is 4.29. The van der Waals surface area contributed by atoms with Gasteiger partial charge < -0.3 is 9.88 Å². The SMILES string of the molecule is CCn1ccnc1NC(C)CC(C)C. The zero-order valence-electron chi connectivity index (χ0n) is 9.62. The maximum absolute atomic E-state index is 4.29. The number of nitrogens with zero attached hydrogens (tertiary/aromatic N) is 2. The molecule has 0 saturated heterocycles. The molecule has 1 N–H and O–H groups in total. The lowest BCUT2D eigenvalue weighted by Gasteiger charge is -2.17. The highest BCUT2D eigenvalue weighted by Crippen LogP contribution is 2.10. The molecule has 0 saturated carbocycles. The Bertz CT molecular complexity index is 265. The number of hydrogen-bond donors (Lipinski definition) is 1. The summed E-state index contributed by atoms with van der Waals surface area (Å²) in [6.07, 6.45) is 5.02. The number of rotatable bonds is 5. The van der Waals surface area contributed by atoms with Gasteiger partial charge in [0.15, 0.2) is 0 Å². The predicted octanol–water partition coefficient (Wildman–Crippen LogP) is 2.75. The van der Waals surface area contributed by atoms with Crippen molar-refractivity contribution in [2.24, 2.45) is 5.92 Å². The lowest BCUT2D eigenvalue weighted by Crippen LogP contribution is -2.20. The number of aryl methyl sites for hydroxylation is 1. The molecule has 1 heterocycles. The minimum Gasteiger partial charge on any atom is -0.353 e. The molecule has 80 valence electrons. The summed E-state index contributed by atoms with van der Waals surface area (Å²) in [5, 5.41) is 3.42. The third-order valence-corrected chi connectivity index (χ3v) is 2.26. The molecular formula is C11H21N3. The molecule has 0 aliphatic carbocycles. The van der Waals surface area contributed by atoms with Crippen LogP contribution >= 0.6 is 0 Å². The summed E-state index contributed by atoms with van der Waals surface area (Å²) in [5.41, 5.74) is 0. The zero-order chi connectivity index (χ0) is 10.6. The van der Waals surface area contributed by atoms with Gasteiger partial charge in [-0.1, -0.05) is 13.8 Å². The average molecular weight is 195 g/mol. The topological polar surface area (TPSA) is 29.9 Å². The molecule has 14 heavy (non-hydrogen) atoms. The fourth-order valence-electron chi connectivity index (χ4n) is 1.69. The summed E-state index contributed by atoms with van der Waals surface area (Å²) in [6.45, 7) is 9.78. The van der Waals surface area contributed by atoms with Gasteiger partial charge in [0.2, 0.25) is 5.95 Å². The van der Waals surface area contributed by atoms with Crippen molar-refractivity contribution >= 4 is 5.95 Å². The van der Waals surface area contributed by atoms with Crippen molar-refractivity contribution in [3.05, 3.63) is 12.4 Å². The van der Waals surface area contributed by atoms with Gasteiger partial charge in [-0.05, 0) is 26.2 Å². The van der Waals surface area contributed by atoms with Crippen molar-refractivity contribution < 1.29 is 0 Å². The summed E-state index contributed by atoms with van der Waals surface area (Å²) in [6, 6.07) is 0.489. The van der Waals surface area contributed by atoms with Crippen molar-refractivity contribution in [2.45, 2.75) is 46.7 Å². The average Bonchev–Trinajstić information content (AvgIpc) is 2.50. The van der Waals surface area contributed by atoms with Crippen LogP contribution in [0.25, 0.3) is 0 Å². The van der Waals surface area contributed by atoms with Gasteiger partial charge in [0.05, 0.1) is 0 Å². The van der Waals surface area contributed by atoms with E-state index < -0.39 is 0 Å². The first kappa shape index (κ1) is 11.1. The number of anilines is 1. The minimum absolute atomic E-state index is 0.489. The lowest BCUT2D eigenvalue weighted by molar-refractivity contribution is 0.535. The molecule has 0 amide bonds. The van der Waals surface area contributed by atoms with Gasteiger partial charge in [0.1, 0.15) is 0 Å². The molecule has 0 bridgehead atoms. The summed E-state index contributed by atoms with van der Waals surface area (Å²) in [4.78, 5) is 4.29. The quantitative estimate of drug-likeness (QED) is 0.783. The Morgan fingerprint density at radius 3 is 2.71 bits per heavy atom. The number of aromatic nitrogens is 2. The highest BCUT2D eigenvalue weighted by Gasteiger charge is 2.07. The third kappa shape index (κ3) is 3.05. The van der Waals surface area contributed by atoms with Gasteiger partial charge in [-0.2, -0.15) is 0 Å². The second kappa shape index (κ2) is 5.03. The molecule has 1 aromatic rings. The third-order valence-electron chi connectivity index (χ3n) is 2.26. The van der Waals surface area contributed by atoms with Crippen LogP contribution in [-0.2, 0) is 6.54 Å². The van der Waals surface area contributed by atoms with E-state index in [2.05, 4.69) is 42.6 Å². The van der Waals surface area contributed by atoms with Crippen molar-refractivity contribution in [3.8, 4) is 0 Å². The Balaban J connectivity index is 2.51. The van der Waals surface area contributed by atoms with E-state index >= 15 is 0 Å². The van der Waals surface area contributed by atoms with Crippen molar-refractivity contribution in [2.75, 3.05) is 5.32 Å². The first-order valence-corrected chi connectivity index (χ1v) is 5.41. The van der Waals surface area contributed by atoms with Crippen molar-refractivity contribution in [3.63, 3.8) is 0 Å². The monoisotopic (exact) mass is 195 g/mol. The fourth-order valence-corrected chi connectivity index (χ4v) is 1.69. The number of nitrogens with one attached hydrogen (secondary N) is 1. The lowest BCUT2D eigenvalue weighted by atomic mass is 10.1. The molecule has 1 aromatic heterocycles. The molecule has 0 aliphatic heterocycles. The van der Waals surface area contributed by atoms with Crippen LogP contribution < -0.4 is 5.32 Å². The van der Waals surface area contributed by atoms with Gasteiger partial charge in [0, 0.05) is 25.0 Å². The largest absolute Gasteiger partial charge is 0.353 e. The molecule has 1 rings (SSSR count). The Labute approximate surface area is 86.5 Å². The van der Waals surface area contributed by atoms with Crippen LogP contribution in [0.3, 0.4) is 0 Å². The zero-order valence-corrected chi connectivity index (χ0v) is 9.62. The van der Waals surface area contributed by atoms with E-state index in [0.717, 1.165) is 18.4 Å². The van der Waals surface area contributed by atoms with Crippen LogP contribution in [0, 0.1) is 5.92 Å². The van der Waals surface area contributed by atoms with Crippen LogP contribution in [0.2, 0.25) is 0 Å². The second-order valence-corrected chi connectivity index (χ2v) is 4.21. The minimum atomic E-state index is 0.489. The molecule has 1 atom stereocenters. The molecule has 3 nitrogen and oxygen atoms in total. The van der Waals surface area contributed by atoms with Gasteiger partial charge >= 0.3 is 0 Å². The van der Waals surface area contributed by atoms with E-state index in [0.29, 0.717) is 6.04 Å². The molecule has 0 aliphatic rings. The van der Waals surface area contributed by atoms with E-state index in [4.69, 9.17) is 0 Å². The summed E-state index contributed by atoms with van der Waals surface area (Å²) in [5.74, 6) is 1.71.